The van der Waals surface area contributed by atoms with E-state index in [9.17, 15) is 5.11 Å². The van der Waals surface area contributed by atoms with Crippen LogP contribution in [0.3, 0.4) is 0 Å². The zero-order valence-corrected chi connectivity index (χ0v) is 11.8. The van der Waals surface area contributed by atoms with Crippen LogP contribution >= 0.6 is 0 Å². The molecule has 1 aromatic carbocycles. The summed E-state index contributed by atoms with van der Waals surface area (Å²) in [6, 6.07) is 9.85. The van der Waals surface area contributed by atoms with Crippen molar-refractivity contribution in [1.82, 2.24) is 0 Å². The first-order valence-electron chi connectivity index (χ1n) is 7.71. The van der Waals surface area contributed by atoms with Gasteiger partial charge in [0.05, 0.1) is 23.3 Å². The monoisotopic (exact) mass is 270 g/mol. The highest BCUT2D eigenvalue weighted by molar-refractivity contribution is 5.50. The lowest BCUT2D eigenvalue weighted by atomic mass is 9.65. The Morgan fingerprint density at radius 2 is 2.05 bits per heavy atom. The predicted molar refractivity (Wildman–Crippen MR) is 79.3 cm³/mol. The highest BCUT2D eigenvalue weighted by Gasteiger charge is 2.47. The number of hydrogen-bond donors (Lipinski definition) is 2. The van der Waals surface area contributed by atoms with Crippen molar-refractivity contribution in [1.29, 1.82) is 5.26 Å². The lowest BCUT2D eigenvalue weighted by Gasteiger charge is -2.49. The molecule has 20 heavy (non-hydrogen) atoms. The van der Waals surface area contributed by atoms with Gasteiger partial charge in [0.25, 0.3) is 0 Å². The van der Waals surface area contributed by atoms with Gasteiger partial charge in [0, 0.05) is 5.69 Å². The number of nitriles is 1. The van der Waals surface area contributed by atoms with Gasteiger partial charge in [0.15, 0.2) is 0 Å². The summed E-state index contributed by atoms with van der Waals surface area (Å²) >= 11 is 0. The van der Waals surface area contributed by atoms with Crippen LogP contribution in [0.4, 0.5) is 5.69 Å². The minimum Gasteiger partial charge on any atom is -0.387 e. The Hall–Kier alpha value is -1.53. The second-order valence-electron chi connectivity index (χ2n) is 6.25. The maximum atomic E-state index is 11.1. The minimum atomic E-state index is -0.556. The van der Waals surface area contributed by atoms with Crippen LogP contribution in [0.25, 0.3) is 0 Å². The fourth-order valence-electron chi connectivity index (χ4n) is 4.00. The summed E-state index contributed by atoms with van der Waals surface area (Å²) in [5, 5.41) is 23.6. The molecule has 0 unspecified atom stereocenters. The summed E-state index contributed by atoms with van der Waals surface area (Å²) in [4.78, 5) is 0. The summed E-state index contributed by atoms with van der Waals surface area (Å²) in [7, 11) is 0. The van der Waals surface area contributed by atoms with Crippen molar-refractivity contribution < 1.29 is 5.11 Å². The summed E-state index contributed by atoms with van der Waals surface area (Å²) in [6.07, 6.45) is 7.81. The van der Waals surface area contributed by atoms with Crippen molar-refractivity contribution >= 4 is 5.69 Å². The first kappa shape index (κ1) is 13.5. The van der Waals surface area contributed by atoms with Crippen molar-refractivity contribution in [2.45, 2.75) is 56.6 Å². The van der Waals surface area contributed by atoms with Crippen LogP contribution in [0.5, 0.6) is 0 Å². The molecule has 3 heteroatoms. The molecule has 2 fully saturated rings. The van der Waals surface area contributed by atoms with Gasteiger partial charge in [0.1, 0.15) is 0 Å². The molecule has 0 aromatic heterocycles. The highest BCUT2D eigenvalue weighted by Crippen LogP contribution is 2.44. The van der Waals surface area contributed by atoms with Gasteiger partial charge in [-0.1, -0.05) is 25.3 Å². The maximum Gasteiger partial charge on any atom is 0.0992 e. The molecule has 0 bridgehead atoms. The minimum absolute atomic E-state index is 0.121. The molecule has 0 radical (unpaired) electrons. The second-order valence-corrected chi connectivity index (χ2v) is 6.25. The van der Waals surface area contributed by atoms with Crippen LogP contribution in [0.15, 0.2) is 24.3 Å². The molecular weight excluding hydrogens is 248 g/mol. The van der Waals surface area contributed by atoms with Crippen molar-refractivity contribution in [3.05, 3.63) is 29.8 Å². The zero-order valence-electron chi connectivity index (χ0n) is 11.8. The number of nitrogens with one attached hydrogen (secondary N) is 1. The normalized spacial score (nSPS) is 33.0. The molecule has 3 atom stereocenters. The average molecular weight is 270 g/mol. The van der Waals surface area contributed by atoms with Crippen molar-refractivity contribution in [3.63, 3.8) is 0 Å². The maximum absolute atomic E-state index is 11.1. The molecule has 3 nitrogen and oxygen atoms in total. The van der Waals surface area contributed by atoms with E-state index in [1.165, 1.54) is 12.8 Å². The molecule has 3 rings (SSSR count). The molecule has 2 saturated carbocycles. The number of nitrogens with zero attached hydrogens (tertiary/aromatic N) is 1. The van der Waals surface area contributed by atoms with Crippen LogP contribution < -0.4 is 5.32 Å². The summed E-state index contributed by atoms with van der Waals surface area (Å²) in [6.45, 7) is 0. The fraction of sp³-hybridized carbons (Fsp3) is 0.588. The van der Waals surface area contributed by atoms with E-state index in [-0.39, 0.29) is 6.04 Å². The molecule has 1 aromatic rings. The first-order valence-corrected chi connectivity index (χ1v) is 7.71. The largest absolute Gasteiger partial charge is 0.387 e. The van der Waals surface area contributed by atoms with E-state index in [0.29, 0.717) is 11.5 Å². The van der Waals surface area contributed by atoms with E-state index in [4.69, 9.17) is 5.26 Å². The molecule has 0 spiro atoms. The van der Waals surface area contributed by atoms with Gasteiger partial charge in [-0.15, -0.1) is 0 Å². The topological polar surface area (TPSA) is 56.0 Å². The lowest BCUT2D eigenvalue weighted by Crippen LogP contribution is -2.56. The average Bonchev–Trinajstić information content (AvgIpc) is 2.48. The van der Waals surface area contributed by atoms with Crippen LogP contribution in [-0.4, -0.2) is 16.7 Å². The predicted octanol–water partition coefficient (Wildman–Crippen LogP) is 3.44. The summed E-state index contributed by atoms with van der Waals surface area (Å²) < 4.78 is 0. The fourth-order valence-corrected chi connectivity index (χ4v) is 4.00. The van der Waals surface area contributed by atoms with E-state index in [2.05, 4.69) is 11.4 Å². The first-order chi connectivity index (χ1) is 9.72. The van der Waals surface area contributed by atoms with Crippen LogP contribution in [0, 0.1) is 17.2 Å². The molecular formula is C17H22N2O. The quantitative estimate of drug-likeness (QED) is 0.865. The van der Waals surface area contributed by atoms with Gasteiger partial charge >= 0.3 is 0 Å². The number of rotatable bonds is 2. The molecule has 0 heterocycles. The van der Waals surface area contributed by atoms with Gasteiger partial charge in [-0.05, 0) is 49.8 Å². The Kier molecular flexibility index (Phi) is 3.67. The lowest BCUT2D eigenvalue weighted by molar-refractivity contribution is -0.0835. The number of anilines is 1. The SMILES string of the molecule is N#Cc1cccc(N[C@@H]2CCC[C@H]3CCCC[C@]32O)c1. The third-order valence-electron chi connectivity index (χ3n) is 5.07. The summed E-state index contributed by atoms with van der Waals surface area (Å²) in [5.41, 5.74) is 1.06. The van der Waals surface area contributed by atoms with E-state index in [1.54, 1.807) is 0 Å². The molecule has 106 valence electrons. The number of hydrogen-bond acceptors (Lipinski definition) is 3. The van der Waals surface area contributed by atoms with Crippen LogP contribution in [-0.2, 0) is 0 Å². The Morgan fingerprint density at radius 1 is 1.20 bits per heavy atom. The van der Waals surface area contributed by atoms with Gasteiger partial charge < -0.3 is 10.4 Å². The van der Waals surface area contributed by atoms with Gasteiger partial charge in [-0.25, -0.2) is 0 Å². The molecule has 2 aliphatic rings. The Labute approximate surface area is 120 Å². The van der Waals surface area contributed by atoms with E-state index in [1.807, 2.05) is 24.3 Å². The zero-order chi connectivity index (χ0) is 14.0. The standard InChI is InChI=1S/C17H22N2O/c18-12-13-5-3-8-15(11-13)19-16-9-4-7-14-6-1-2-10-17(14,16)20/h3,5,8,11,14,16,19-20H,1-2,4,6-7,9-10H2/t14-,16-,17+/m1/s1. The van der Waals surface area contributed by atoms with Crippen molar-refractivity contribution in [2.75, 3.05) is 5.32 Å². The van der Waals surface area contributed by atoms with E-state index < -0.39 is 5.60 Å². The molecule has 2 N–H and O–H groups in total. The van der Waals surface area contributed by atoms with Crippen LogP contribution in [0.1, 0.15) is 50.5 Å². The van der Waals surface area contributed by atoms with Gasteiger partial charge in [-0.3, -0.25) is 0 Å². The van der Waals surface area contributed by atoms with E-state index >= 15 is 0 Å². The number of fused-ring (bicyclic) bond motifs is 1. The molecule has 0 amide bonds. The third-order valence-corrected chi connectivity index (χ3v) is 5.07. The number of benzene rings is 1. The van der Waals surface area contributed by atoms with E-state index in [0.717, 1.165) is 37.8 Å². The van der Waals surface area contributed by atoms with Crippen LogP contribution in [0.2, 0.25) is 0 Å². The van der Waals surface area contributed by atoms with Crippen molar-refractivity contribution in [3.8, 4) is 6.07 Å². The smallest absolute Gasteiger partial charge is 0.0992 e. The number of aliphatic hydroxyl groups is 1. The van der Waals surface area contributed by atoms with Gasteiger partial charge in [-0.2, -0.15) is 5.26 Å². The highest BCUT2D eigenvalue weighted by atomic mass is 16.3. The van der Waals surface area contributed by atoms with Crippen molar-refractivity contribution in [2.24, 2.45) is 5.92 Å². The summed E-state index contributed by atoms with van der Waals surface area (Å²) in [5.74, 6) is 0.446. The Morgan fingerprint density at radius 3 is 2.90 bits per heavy atom. The second kappa shape index (κ2) is 5.46. The Balaban J connectivity index is 1.80. The molecule has 0 aliphatic heterocycles. The Bertz CT molecular complexity index is 520. The molecule has 2 aliphatic carbocycles. The molecule has 0 saturated heterocycles. The third kappa shape index (κ3) is 2.41. The van der Waals surface area contributed by atoms with Gasteiger partial charge in [0.2, 0.25) is 0 Å².